The number of nitrogens with one attached hydrogen (secondary N) is 2. The average molecular weight is 297 g/mol. The summed E-state index contributed by atoms with van der Waals surface area (Å²) in [6.45, 7) is 3.19. The van der Waals surface area contributed by atoms with Crippen molar-refractivity contribution in [2.75, 3.05) is 31.6 Å². The number of halogens is 1. The van der Waals surface area contributed by atoms with E-state index in [1.165, 1.54) is 12.1 Å². The largest absolute Gasteiger partial charge is 0.383 e. The molecule has 0 unspecified atom stereocenters. The third kappa shape index (κ3) is 4.95. The first-order valence-electron chi connectivity index (χ1n) is 7.17. The summed E-state index contributed by atoms with van der Waals surface area (Å²) in [4.78, 5) is 9.90. The number of nitrogens with zero attached hydrogens (tertiary/aromatic N) is 1. The second-order valence-electron chi connectivity index (χ2n) is 5.02. The van der Waals surface area contributed by atoms with Crippen molar-refractivity contribution >= 4 is 11.4 Å². The molecule has 2 rings (SSSR count). The lowest BCUT2D eigenvalue weighted by Crippen LogP contribution is -2.32. The summed E-state index contributed by atoms with van der Waals surface area (Å²) >= 11 is 0. The van der Waals surface area contributed by atoms with Crippen LogP contribution < -0.4 is 10.6 Å². The zero-order chi connectivity index (χ0) is 15.1. The molecule has 1 heterocycles. The van der Waals surface area contributed by atoms with Crippen LogP contribution in [0.25, 0.3) is 0 Å². The van der Waals surface area contributed by atoms with Crippen molar-refractivity contribution in [3.63, 3.8) is 0 Å². The Morgan fingerprint density at radius 2 is 2.19 bits per heavy atom. The van der Waals surface area contributed by atoms with Gasteiger partial charge in [0.05, 0.1) is 22.8 Å². The van der Waals surface area contributed by atoms with Crippen molar-refractivity contribution in [3.8, 4) is 0 Å². The molecule has 1 aromatic rings. The topological polar surface area (TPSA) is 76.4 Å². The first-order chi connectivity index (χ1) is 10.2. The van der Waals surface area contributed by atoms with Crippen molar-refractivity contribution < 1.29 is 14.1 Å². The fraction of sp³-hybridized carbons (Fsp3) is 0.571. The van der Waals surface area contributed by atoms with Crippen LogP contribution in [0.15, 0.2) is 18.2 Å². The van der Waals surface area contributed by atoms with E-state index in [4.69, 9.17) is 4.74 Å². The maximum absolute atomic E-state index is 13.6. The first-order valence-corrected chi connectivity index (χ1v) is 7.17. The van der Waals surface area contributed by atoms with Crippen LogP contribution in [0.3, 0.4) is 0 Å². The summed E-state index contributed by atoms with van der Waals surface area (Å²) in [6.07, 6.45) is 3.15. The van der Waals surface area contributed by atoms with Gasteiger partial charge in [-0.25, -0.2) is 4.39 Å². The molecule has 0 bridgehead atoms. The smallest absolute Gasteiger partial charge is 0.272 e. The molecular formula is C14H20FN3O3. The minimum absolute atomic E-state index is 0.243. The number of rotatable bonds is 7. The number of hydrogen-bond acceptors (Lipinski definition) is 5. The number of hydrogen-bond donors (Lipinski definition) is 2. The summed E-state index contributed by atoms with van der Waals surface area (Å²) in [5.41, 5.74) is 0.0368. The Labute approximate surface area is 122 Å². The third-order valence-electron chi connectivity index (χ3n) is 3.44. The van der Waals surface area contributed by atoms with Crippen LogP contribution in [-0.2, 0) is 4.74 Å². The molecule has 0 aliphatic carbocycles. The van der Waals surface area contributed by atoms with E-state index in [0.29, 0.717) is 19.3 Å². The van der Waals surface area contributed by atoms with Gasteiger partial charge in [-0.2, -0.15) is 0 Å². The molecule has 0 saturated carbocycles. The molecule has 1 aliphatic rings. The van der Waals surface area contributed by atoms with Gasteiger partial charge in [0, 0.05) is 19.2 Å². The predicted molar refractivity (Wildman–Crippen MR) is 78.0 cm³/mol. The monoisotopic (exact) mass is 297 g/mol. The van der Waals surface area contributed by atoms with Gasteiger partial charge in [0.1, 0.15) is 0 Å². The standard InChI is InChI=1S/C14H20FN3O3/c15-13-10-11(18(19)20)2-3-14(13)17-6-1-9-21-12-4-7-16-8-5-12/h2-3,10,12,16-17H,1,4-9H2. The number of anilines is 1. The number of piperidine rings is 1. The van der Waals surface area contributed by atoms with Crippen molar-refractivity contribution in [1.29, 1.82) is 0 Å². The molecule has 21 heavy (non-hydrogen) atoms. The Morgan fingerprint density at radius 3 is 2.86 bits per heavy atom. The van der Waals surface area contributed by atoms with Crippen molar-refractivity contribution in [3.05, 3.63) is 34.1 Å². The normalized spacial score (nSPS) is 15.9. The molecule has 1 aliphatic heterocycles. The molecule has 0 radical (unpaired) electrons. The third-order valence-corrected chi connectivity index (χ3v) is 3.44. The van der Waals surface area contributed by atoms with E-state index in [1.54, 1.807) is 0 Å². The van der Waals surface area contributed by atoms with Gasteiger partial charge in [-0.15, -0.1) is 0 Å². The molecule has 1 aromatic carbocycles. The number of nitro groups is 1. The van der Waals surface area contributed by atoms with Crippen LogP contribution in [0.1, 0.15) is 19.3 Å². The second-order valence-corrected chi connectivity index (χ2v) is 5.02. The van der Waals surface area contributed by atoms with E-state index in [1.807, 2.05) is 0 Å². The van der Waals surface area contributed by atoms with Gasteiger partial charge in [0.15, 0.2) is 5.82 Å². The molecule has 7 heteroatoms. The van der Waals surface area contributed by atoms with E-state index in [-0.39, 0.29) is 11.4 Å². The van der Waals surface area contributed by atoms with E-state index < -0.39 is 10.7 Å². The Morgan fingerprint density at radius 1 is 1.43 bits per heavy atom. The molecule has 1 saturated heterocycles. The van der Waals surface area contributed by atoms with Gasteiger partial charge in [-0.3, -0.25) is 10.1 Å². The van der Waals surface area contributed by atoms with Gasteiger partial charge in [0.25, 0.3) is 5.69 Å². The molecule has 2 N–H and O–H groups in total. The van der Waals surface area contributed by atoms with E-state index >= 15 is 0 Å². The van der Waals surface area contributed by atoms with Crippen LogP contribution in [0.2, 0.25) is 0 Å². The van der Waals surface area contributed by atoms with Crippen LogP contribution in [0.5, 0.6) is 0 Å². The van der Waals surface area contributed by atoms with E-state index in [9.17, 15) is 14.5 Å². The van der Waals surface area contributed by atoms with Crippen LogP contribution in [-0.4, -0.2) is 37.3 Å². The van der Waals surface area contributed by atoms with Crippen LogP contribution >= 0.6 is 0 Å². The zero-order valence-corrected chi connectivity index (χ0v) is 11.8. The van der Waals surface area contributed by atoms with Crippen LogP contribution in [0.4, 0.5) is 15.8 Å². The first kappa shape index (κ1) is 15.7. The highest BCUT2D eigenvalue weighted by Gasteiger charge is 2.13. The van der Waals surface area contributed by atoms with Crippen molar-refractivity contribution in [2.24, 2.45) is 0 Å². The molecule has 116 valence electrons. The number of nitro benzene ring substituents is 1. The molecular weight excluding hydrogens is 277 g/mol. The Balaban J connectivity index is 1.67. The summed E-state index contributed by atoms with van der Waals surface area (Å²) < 4.78 is 19.3. The molecule has 0 amide bonds. The van der Waals surface area contributed by atoms with Crippen molar-refractivity contribution in [2.45, 2.75) is 25.4 Å². The highest BCUT2D eigenvalue weighted by Crippen LogP contribution is 2.20. The van der Waals surface area contributed by atoms with Gasteiger partial charge in [-0.1, -0.05) is 0 Å². The lowest BCUT2D eigenvalue weighted by atomic mass is 10.1. The molecule has 0 spiro atoms. The van der Waals surface area contributed by atoms with Gasteiger partial charge in [0.2, 0.25) is 0 Å². The minimum Gasteiger partial charge on any atom is -0.383 e. The van der Waals surface area contributed by atoms with Crippen LogP contribution in [0, 0.1) is 15.9 Å². The quantitative estimate of drug-likeness (QED) is 0.459. The maximum atomic E-state index is 13.6. The van der Waals surface area contributed by atoms with E-state index in [0.717, 1.165) is 38.4 Å². The Kier molecular flexibility index (Phi) is 5.89. The predicted octanol–water partition coefficient (Wildman–Crippen LogP) is 2.30. The number of ether oxygens (including phenoxy) is 1. The molecule has 1 fully saturated rings. The summed E-state index contributed by atoms with van der Waals surface area (Å²) in [6, 6.07) is 3.60. The fourth-order valence-electron chi connectivity index (χ4n) is 2.27. The summed E-state index contributed by atoms with van der Waals surface area (Å²) in [7, 11) is 0. The Bertz CT molecular complexity index is 479. The SMILES string of the molecule is O=[N+]([O-])c1ccc(NCCCOC2CCNCC2)c(F)c1. The lowest BCUT2D eigenvalue weighted by molar-refractivity contribution is -0.385. The average Bonchev–Trinajstić information content (AvgIpc) is 2.49. The number of benzene rings is 1. The Hall–Kier alpha value is -1.73. The minimum atomic E-state index is -0.611. The lowest BCUT2D eigenvalue weighted by Gasteiger charge is -2.22. The van der Waals surface area contributed by atoms with Gasteiger partial charge < -0.3 is 15.4 Å². The molecule has 0 atom stereocenters. The zero-order valence-electron chi connectivity index (χ0n) is 11.8. The highest BCUT2D eigenvalue weighted by atomic mass is 19.1. The van der Waals surface area contributed by atoms with E-state index in [2.05, 4.69) is 10.6 Å². The number of non-ortho nitro benzene ring substituents is 1. The van der Waals surface area contributed by atoms with Gasteiger partial charge >= 0.3 is 0 Å². The summed E-state index contributed by atoms with van der Waals surface area (Å²) in [5.74, 6) is -0.608. The molecule has 6 nitrogen and oxygen atoms in total. The van der Waals surface area contributed by atoms with Gasteiger partial charge in [-0.05, 0) is 38.4 Å². The molecule has 0 aromatic heterocycles. The van der Waals surface area contributed by atoms with Crippen molar-refractivity contribution in [1.82, 2.24) is 5.32 Å². The highest BCUT2D eigenvalue weighted by molar-refractivity contribution is 5.49. The maximum Gasteiger partial charge on any atom is 0.272 e. The second kappa shape index (κ2) is 7.90. The fourth-order valence-corrected chi connectivity index (χ4v) is 2.27. The summed E-state index contributed by atoms with van der Waals surface area (Å²) in [5, 5.41) is 16.7.